The van der Waals surface area contributed by atoms with Crippen LogP contribution in [0.5, 0.6) is 0 Å². The Hall–Kier alpha value is -0.990. The molecule has 0 rings (SSSR count). The van der Waals surface area contributed by atoms with E-state index in [1.807, 2.05) is 6.92 Å². The first-order valence-electron chi connectivity index (χ1n) is 11.0. The van der Waals surface area contributed by atoms with Crippen LogP contribution in [-0.4, -0.2) is 49.3 Å². The van der Waals surface area contributed by atoms with Crippen LogP contribution < -0.4 is 5.73 Å². The van der Waals surface area contributed by atoms with Crippen molar-refractivity contribution in [2.75, 3.05) is 26.4 Å². The number of rotatable bonds is 20. The molecule has 0 aliphatic carbocycles. The molecule has 0 aliphatic rings. The summed E-state index contributed by atoms with van der Waals surface area (Å²) >= 11 is 0. The highest BCUT2D eigenvalue weighted by Gasteiger charge is 2.25. The Bertz CT molecular complexity index is 503. The zero-order valence-electron chi connectivity index (χ0n) is 18.5. The second-order valence-electron chi connectivity index (χ2n) is 7.16. The number of hydrogen-bond donors (Lipinski definition) is 2. The van der Waals surface area contributed by atoms with E-state index in [2.05, 4.69) is 11.4 Å². The zero-order valence-corrected chi connectivity index (χ0v) is 19.4. The Morgan fingerprint density at radius 2 is 1.50 bits per heavy atom. The number of phosphoric ester groups is 1. The molecule has 1 unspecified atom stereocenters. The van der Waals surface area contributed by atoms with Gasteiger partial charge in [-0.25, -0.2) is 4.57 Å². The molecule has 30 heavy (non-hydrogen) atoms. The van der Waals surface area contributed by atoms with Gasteiger partial charge in [0.25, 0.3) is 0 Å². The highest BCUT2D eigenvalue weighted by Crippen LogP contribution is 2.43. The molecule has 0 amide bonds. The minimum atomic E-state index is -4.32. The summed E-state index contributed by atoms with van der Waals surface area (Å²) in [7, 11) is -4.32. The van der Waals surface area contributed by atoms with Gasteiger partial charge >= 0.3 is 19.8 Å². The summed E-state index contributed by atoms with van der Waals surface area (Å²) in [6, 6.07) is 0. The van der Waals surface area contributed by atoms with E-state index in [0.717, 1.165) is 19.3 Å². The van der Waals surface area contributed by atoms with Gasteiger partial charge in [0.2, 0.25) is 0 Å². The SMILES string of the molecule is CCCCCCCCCCC(=O)O[C@H](COC(=O)CCC)COP(=O)(O)OCCN. The maximum absolute atomic E-state index is 12.1. The first-order valence-corrected chi connectivity index (χ1v) is 12.5. The maximum Gasteiger partial charge on any atom is 0.472 e. The fraction of sp³-hybridized carbons (Fsp3) is 0.900. The normalized spacial score (nSPS) is 14.1. The van der Waals surface area contributed by atoms with Crippen LogP contribution >= 0.6 is 7.82 Å². The fourth-order valence-corrected chi connectivity index (χ4v) is 3.37. The van der Waals surface area contributed by atoms with Gasteiger partial charge in [0.05, 0.1) is 13.2 Å². The highest BCUT2D eigenvalue weighted by atomic mass is 31.2. The van der Waals surface area contributed by atoms with Crippen molar-refractivity contribution in [3.63, 3.8) is 0 Å². The summed E-state index contributed by atoms with van der Waals surface area (Å²) in [5.74, 6) is -0.898. The molecule has 0 aromatic rings. The van der Waals surface area contributed by atoms with Crippen molar-refractivity contribution < 1.29 is 37.6 Å². The molecule has 10 heteroatoms. The topological polar surface area (TPSA) is 134 Å². The number of ether oxygens (including phenoxy) is 2. The molecule has 0 radical (unpaired) electrons. The molecular formula is C20H40NO8P. The average Bonchev–Trinajstić information content (AvgIpc) is 2.70. The third-order valence-corrected chi connectivity index (χ3v) is 5.20. The lowest BCUT2D eigenvalue weighted by Crippen LogP contribution is -2.29. The van der Waals surface area contributed by atoms with Crippen LogP contribution in [0.4, 0.5) is 0 Å². The molecule has 3 N–H and O–H groups in total. The van der Waals surface area contributed by atoms with Crippen LogP contribution in [0, 0.1) is 0 Å². The molecule has 0 bridgehead atoms. The lowest BCUT2D eigenvalue weighted by atomic mass is 10.1. The predicted octanol–water partition coefficient (Wildman–Crippen LogP) is 3.86. The Morgan fingerprint density at radius 1 is 0.867 bits per heavy atom. The van der Waals surface area contributed by atoms with E-state index in [9.17, 15) is 19.0 Å². The zero-order chi connectivity index (χ0) is 22.7. The van der Waals surface area contributed by atoms with Gasteiger partial charge in [-0.15, -0.1) is 0 Å². The number of phosphoric acid groups is 1. The van der Waals surface area contributed by atoms with Crippen LogP contribution in [0.25, 0.3) is 0 Å². The minimum Gasteiger partial charge on any atom is -0.462 e. The molecule has 0 aliphatic heterocycles. The Kier molecular flexibility index (Phi) is 18.1. The summed E-state index contributed by atoms with van der Waals surface area (Å²) in [5, 5.41) is 0. The maximum atomic E-state index is 12.1. The molecule has 0 saturated heterocycles. The van der Waals surface area contributed by atoms with E-state index in [4.69, 9.17) is 19.7 Å². The van der Waals surface area contributed by atoms with E-state index in [1.54, 1.807) is 0 Å². The van der Waals surface area contributed by atoms with Gasteiger partial charge in [-0.1, -0.05) is 58.8 Å². The first kappa shape index (κ1) is 29.0. The van der Waals surface area contributed by atoms with Gasteiger partial charge < -0.3 is 20.1 Å². The quantitative estimate of drug-likeness (QED) is 0.160. The molecule has 2 atom stereocenters. The van der Waals surface area contributed by atoms with E-state index < -0.39 is 32.5 Å². The Labute approximate surface area is 180 Å². The third-order valence-electron chi connectivity index (χ3n) is 4.21. The largest absolute Gasteiger partial charge is 0.472 e. The van der Waals surface area contributed by atoms with Crippen LogP contribution in [-0.2, 0) is 32.7 Å². The number of carbonyl (C=O) groups excluding carboxylic acids is 2. The van der Waals surface area contributed by atoms with Crippen molar-refractivity contribution in [1.82, 2.24) is 0 Å². The van der Waals surface area contributed by atoms with Crippen molar-refractivity contribution in [3.05, 3.63) is 0 Å². The highest BCUT2D eigenvalue weighted by molar-refractivity contribution is 7.47. The molecule has 178 valence electrons. The summed E-state index contributed by atoms with van der Waals surface area (Å²) in [4.78, 5) is 33.2. The van der Waals surface area contributed by atoms with Crippen molar-refractivity contribution in [3.8, 4) is 0 Å². The number of unbranched alkanes of at least 4 members (excludes halogenated alkanes) is 7. The van der Waals surface area contributed by atoms with E-state index >= 15 is 0 Å². The van der Waals surface area contributed by atoms with Gasteiger partial charge in [-0.3, -0.25) is 18.6 Å². The van der Waals surface area contributed by atoms with E-state index in [1.165, 1.54) is 25.7 Å². The molecule has 0 fully saturated rings. The molecule has 0 spiro atoms. The van der Waals surface area contributed by atoms with Gasteiger partial charge in [-0.2, -0.15) is 0 Å². The van der Waals surface area contributed by atoms with E-state index in [-0.39, 0.29) is 32.6 Å². The lowest BCUT2D eigenvalue weighted by molar-refractivity contribution is -0.161. The average molecular weight is 454 g/mol. The summed E-state index contributed by atoms with van der Waals surface area (Å²) in [5.41, 5.74) is 5.23. The molecule has 0 saturated carbocycles. The van der Waals surface area contributed by atoms with E-state index in [0.29, 0.717) is 12.8 Å². The van der Waals surface area contributed by atoms with Gasteiger partial charge in [-0.05, 0) is 12.8 Å². The standard InChI is InChI=1S/C20H40NO8P/c1-3-5-6-7-8-9-10-11-13-20(23)29-18(16-26-19(22)12-4-2)17-28-30(24,25)27-15-14-21/h18H,3-17,21H2,1-2H3,(H,24,25)/t18-/m1/s1. The number of carbonyl (C=O) groups is 2. The number of esters is 2. The smallest absolute Gasteiger partial charge is 0.462 e. The summed E-state index contributed by atoms with van der Waals surface area (Å²) in [6.45, 7) is 3.24. The van der Waals surface area contributed by atoms with Gasteiger partial charge in [0.1, 0.15) is 6.61 Å². The number of nitrogens with two attached hydrogens (primary N) is 1. The van der Waals surface area contributed by atoms with Crippen LogP contribution in [0.1, 0.15) is 84.5 Å². The second kappa shape index (κ2) is 18.8. The fourth-order valence-electron chi connectivity index (χ4n) is 2.61. The van der Waals surface area contributed by atoms with Gasteiger partial charge in [0.15, 0.2) is 6.10 Å². The van der Waals surface area contributed by atoms with Gasteiger partial charge in [0, 0.05) is 19.4 Å². The summed E-state index contributed by atoms with van der Waals surface area (Å²) in [6.07, 6.45) is 8.91. The third kappa shape index (κ3) is 17.8. The van der Waals surface area contributed by atoms with Crippen molar-refractivity contribution in [1.29, 1.82) is 0 Å². The Balaban J connectivity index is 4.34. The van der Waals surface area contributed by atoms with Crippen molar-refractivity contribution in [2.45, 2.75) is 90.6 Å². The van der Waals surface area contributed by atoms with Crippen LogP contribution in [0.3, 0.4) is 0 Å². The predicted molar refractivity (Wildman–Crippen MR) is 114 cm³/mol. The van der Waals surface area contributed by atoms with Crippen molar-refractivity contribution >= 4 is 19.8 Å². The van der Waals surface area contributed by atoms with Crippen LogP contribution in [0.15, 0.2) is 0 Å². The lowest BCUT2D eigenvalue weighted by Gasteiger charge is -2.19. The molecule has 0 aromatic heterocycles. The minimum absolute atomic E-state index is 0.0551. The molecule has 9 nitrogen and oxygen atoms in total. The second-order valence-corrected chi connectivity index (χ2v) is 8.61. The van der Waals surface area contributed by atoms with Crippen LogP contribution in [0.2, 0.25) is 0 Å². The summed E-state index contributed by atoms with van der Waals surface area (Å²) < 4.78 is 31.6. The first-order chi connectivity index (χ1) is 14.3. The Morgan fingerprint density at radius 3 is 2.10 bits per heavy atom. The number of hydrogen-bond acceptors (Lipinski definition) is 8. The molecule has 0 aromatic carbocycles. The monoisotopic (exact) mass is 453 g/mol. The molecular weight excluding hydrogens is 413 g/mol. The molecule has 0 heterocycles. The van der Waals surface area contributed by atoms with Crippen molar-refractivity contribution in [2.24, 2.45) is 5.73 Å².